The van der Waals surface area contributed by atoms with Crippen molar-refractivity contribution in [3.63, 3.8) is 0 Å². The molecule has 2 aromatic heterocycles. The molecule has 2 N–H and O–H groups in total. The van der Waals surface area contributed by atoms with Crippen molar-refractivity contribution in [3.05, 3.63) is 39.7 Å². The van der Waals surface area contributed by atoms with Gasteiger partial charge < -0.3 is 15.0 Å². The fraction of sp³-hybridized carbons (Fsp3) is 0.357. The number of hydrogen-bond acceptors (Lipinski definition) is 5. The Kier molecular flexibility index (Phi) is 4.35. The van der Waals surface area contributed by atoms with Crippen LogP contribution in [-0.2, 0) is 0 Å². The molecule has 2 aromatic rings. The third kappa shape index (κ3) is 3.26. The number of hydrogen-bond donors (Lipinski definition) is 2. The van der Waals surface area contributed by atoms with Crippen LogP contribution in [-0.4, -0.2) is 34.1 Å². The zero-order valence-corrected chi connectivity index (χ0v) is 12.4. The summed E-state index contributed by atoms with van der Waals surface area (Å²) in [7, 11) is 0. The lowest BCUT2D eigenvalue weighted by atomic mass is 10.1. The lowest BCUT2D eigenvalue weighted by molar-refractivity contribution is 0.160. The van der Waals surface area contributed by atoms with Gasteiger partial charge in [-0.3, -0.25) is 4.79 Å². The smallest absolute Gasteiger partial charge is 0.273 e. The predicted molar refractivity (Wildman–Crippen MR) is 79.6 cm³/mol. The molecule has 1 saturated heterocycles. The largest absolute Gasteiger partial charge is 0.472 e. The average molecular weight is 325 g/mol. The fourth-order valence-corrected chi connectivity index (χ4v) is 2.42. The molecule has 1 unspecified atom stereocenters. The van der Waals surface area contributed by atoms with Gasteiger partial charge in [-0.15, -0.1) is 0 Å². The van der Waals surface area contributed by atoms with Crippen LogP contribution < -0.4 is 15.6 Å². The van der Waals surface area contributed by atoms with Crippen LogP contribution in [0.15, 0.2) is 23.1 Å². The number of ether oxygens (including phenoxy) is 1. The van der Waals surface area contributed by atoms with Gasteiger partial charge in [-0.25, -0.2) is 4.98 Å². The van der Waals surface area contributed by atoms with E-state index in [2.05, 4.69) is 20.3 Å². The van der Waals surface area contributed by atoms with Crippen LogP contribution in [0, 0.1) is 5.95 Å². The average Bonchev–Trinajstić information content (AvgIpc) is 2.52. The molecule has 6 nitrogen and oxygen atoms in total. The van der Waals surface area contributed by atoms with Gasteiger partial charge in [0.25, 0.3) is 5.56 Å². The van der Waals surface area contributed by atoms with E-state index in [-0.39, 0.29) is 22.8 Å². The number of aromatic amines is 1. The second kappa shape index (κ2) is 6.41. The molecule has 0 saturated carbocycles. The Labute approximate surface area is 130 Å². The molecule has 8 heteroatoms. The number of nitrogens with one attached hydrogen (secondary N) is 2. The fourth-order valence-electron chi connectivity index (χ4n) is 2.28. The van der Waals surface area contributed by atoms with Gasteiger partial charge in [-0.1, -0.05) is 11.6 Å². The maximum Gasteiger partial charge on any atom is 0.273 e. The summed E-state index contributed by atoms with van der Waals surface area (Å²) >= 11 is 5.97. The van der Waals surface area contributed by atoms with E-state index in [0.717, 1.165) is 19.4 Å². The van der Waals surface area contributed by atoms with Crippen LogP contribution in [0.5, 0.6) is 5.88 Å². The summed E-state index contributed by atoms with van der Waals surface area (Å²) < 4.78 is 18.9. The first kappa shape index (κ1) is 14.9. The molecule has 0 amide bonds. The molecule has 3 rings (SSSR count). The molecule has 1 fully saturated rings. The number of pyridine rings is 1. The van der Waals surface area contributed by atoms with Gasteiger partial charge >= 0.3 is 0 Å². The van der Waals surface area contributed by atoms with Gasteiger partial charge in [0.05, 0.1) is 0 Å². The Bertz CT molecular complexity index is 731. The topological polar surface area (TPSA) is 79.9 Å². The Morgan fingerprint density at radius 2 is 2.32 bits per heavy atom. The Hall–Kier alpha value is -1.99. The van der Waals surface area contributed by atoms with Crippen molar-refractivity contribution < 1.29 is 9.13 Å². The number of nitrogens with zero attached hydrogens (tertiary/aromatic N) is 2. The third-order valence-electron chi connectivity index (χ3n) is 3.36. The van der Waals surface area contributed by atoms with E-state index >= 15 is 0 Å². The molecule has 3 heterocycles. The first-order chi connectivity index (χ1) is 10.6. The van der Waals surface area contributed by atoms with Gasteiger partial charge in [-0.05, 0) is 25.5 Å². The van der Waals surface area contributed by atoms with Gasteiger partial charge in [-0.2, -0.15) is 9.37 Å². The molecule has 116 valence electrons. The lowest BCUT2D eigenvalue weighted by Crippen LogP contribution is -2.37. The SMILES string of the molecule is O=c1[nH]c(-c2ccnc(F)c2)nc(OC2CCCNC2)c1Cl. The first-order valence-electron chi connectivity index (χ1n) is 6.92. The van der Waals surface area contributed by atoms with E-state index in [0.29, 0.717) is 12.1 Å². The highest BCUT2D eigenvalue weighted by molar-refractivity contribution is 6.31. The summed E-state index contributed by atoms with van der Waals surface area (Å²) in [5.74, 6) is -0.408. The molecule has 1 atom stereocenters. The van der Waals surface area contributed by atoms with Gasteiger partial charge in [0.2, 0.25) is 11.8 Å². The van der Waals surface area contributed by atoms with Gasteiger partial charge in [0.15, 0.2) is 5.02 Å². The Morgan fingerprint density at radius 1 is 1.45 bits per heavy atom. The van der Waals surface area contributed by atoms with Crippen LogP contribution in [0.1, 0.15) is 12.8 Å². The highest BCUT2D eigenvalue weighted by Gasteiger charge is 2.19. The van der Waals surface area contributed by atoms with Crippen LogP contribution >= 0.6 is 11.6 Å². The van der Waals surface area contributed by atoms with Crippen LogP contribution in [0.2, 0.25) is 5.02 Å². The van der Waals surface area contributed by atoms with E-state index in [4.69, 9.17) is 16.3 Å². The summed E-state index contributed by atoms with van der Waals surface area (Å²) in [6, 6.07) is 2.72. The molecule has 1 aliphatic rings. The van der Waals surface area contributed by atoms with E-state index in [1.165, 1.54) is 12.3 Å². The van der Waals surface area contributed by atoms with E-state index in [9.17, 15) is 9.18 Å². The molecule has 0 spiro atoms. The van der Waals surface area contributed by atoms with Crippen molar-refractivity contribution in [2.24, 2.45) is 0 Å². The van der Waals surface area contributed by atoms with Crippen molar-refractivity contribution in [1.29, 1.82) is 0 Å². The summed E-state index contributed by atoms with van der Waals surface area (Å²) in [4.78, 5) is 22.1. The Balaban J connectivity index is 1.94. The van der Waals surface area contributed by atoms with E-state index in [1.54, 1.807) is 6.07 Å². The zero-order valence-electron chi connectivity index (χ0n) is 11.6. The van der Waals surface area contributed by atoms with Crippen molar-refractivity contribution in [2.75, 3.05) is 13.1 Å². The molecule has 0 aliphatic carbocycles. The van der Waals surface area contributed by atoms with Crippen molar-refractivity contribution >= 4 is 11.6 Å². The van der Waals surface area contributed by atoms with E-state index in [1.807, 2.05) is 0 Å². The third-order valence-corrected chi connectivity index (χ3v) is 3.70. The minimum absolute atomic E-state index is 0.0614. The summed E-state index contributed by atoms with van der Waals surface area (Å²) in [5, 5.41) is 3.10. The summed E-state index contributed by atoms with van der Waals surface area (Å²) in [6.07, 6.45) is 3.04. The maximum absolute atomic E-state index is 13.2. The molecule has 0 aromatic carbocycles. The van der Waals surface area contributed by atoms with Crippen molar-refractivity contribution in [2.45, 2.75) is 18.9 Å². The van der Waals surface area contributed by atoms with Crippen LogP contribution in [0.3, 0.4) is 0 Å². The summed E-state index contributed by atoms with van der Waals surface area (Å²) in [5.41, 5.74) is -0.129. The van der Waals surface area contributed by atoms with Gasteiger partial charge in [0, 0.05) is 24.4 Å². The normalized spacial score (nSPS) is 18.2. The molecule has 22 heavy (non-hydrogen) atoms. The Morgan fingerprint density at radius 3 is 3.05 bits per heavy atom. The van der Waals surface area contributed by atoms with Crippen LogP contribution in [0.25, 0.3) is 11.4 Å². The van der Waals surface area contributed by atoms with E-state index < -0.39 is 11.5 Å². The number of piperidine rings is 1. The summed E-state index contributed by atoms with van der Waals surface area (Å²) in [6.45, 7) is 1.61. The minimum atomic E-state index is -0.658. The number of rotatable bonds is 3. The zero-order chi connectivity index (χ0) is 15.5. The molecular weight excluding hydrogens is 311 g/mol. The first-order valence-corrected chi connectivity index (χ1v) is 7.30. The van der Waals surface area contributed by atoms with Crippen molar-refractivity contribution in [3.8, 4) is 17.3 Å². The number of aromatic nitrogens is 3. The molecule has 0 radical (unpaired) electrons. The highest BCUT2D eigenvalue weighted by atomic mass is 35.5. The van der Waals surface area contributed by atoms with Crippen LogP contribution in [0.4, 0.5) is 4.39 Å². The monoisotopic (exact) mass is 324 g/mol. The van der Waals surface area contributed by atoms with Gasteiger partial charge in [0.1, 0.15) is 11.9 Å². The number of halogens is 2. The molecular formula is C14H14ClFN4O2. The second-order valence-corrected chi connectivity index (χ2v) is 5.37. The molecule has 0 bridgehead atoms. The quantitative estimate of drug-likeness (QED) is 0.841. The number of H-pyrrole nitrogens is 1. The van der Waals surface area contributed by atoms with Crippen molar-refractivity contribution in [1.82, 2.24) is 20.3 Å². The molecule has 1 aliphatic heterocycles. The maximum atomic E-state index is 13.2. The highest BCUT2D eigenvalue weighted by Crippen LogP contribution is 2.23. The predicted octanol–water partition coefficient (Wildman–Crippen LogP) is 1.76. The standard InChI is InChI=1S/C14H14ClFN4O2/c15-11-13(21)19-12(8-3-5-18-10(16)6-8)20-14(11)22-9-2-1-4-17-7-9/h3,5-6,9,17H,1-2,4,7H2,(H,19,20,21). The minimum Gasteiger partial charge on any atom is -0.472 e. The lowest BCUT2D eigenvalue weighted by Gasteiger charge is -2.23. The second-order valence-electron chi connectivity index (χ2n) is 4.99.